The summed E-state index contributed by atoms with van der Waals surface area (Å²) in [5.41, 5.74) is 1.76. The number of halogens is 1. The zero-order chi connectivity index (χ0) is 19.9. The standard InChI is InChI=1S/C21H21FN4O2/c1-14(2)28-18-9-7-17(8-10-18)24-21(27)19-11-12-20(26-25-19)23-13-15-3-5-16(22)6-4-15/h3-12,14H,13H2,1-2H3,(H,23,26)(H,24,27). The predicted octanol–water partition coefficient (Wildman–Crippen LogP) is 4.27. The van der Waals surface area contributed by atoms with Gasteiger partial charge in [0.2, 0.25) is 0 Å². The van der Waals surface area contributed by atoms with Crippen LogP contribution in [0.25, 0.3) is 0 Å². The van der Waals surface area contributed by atoms with Gasteiger partial charge in [0.05, 0.1) is 6.10 Å². The number of anilines is 2. The zero-order valence-electron chi connectivity index (χ0n) is 15.6. The number of benzene rings is 2. The molecule has 2 N–H and O–H groups in total. The van der Waals surface area contributed by atoms with E-state index in [1.807, 2.05) is 13.8 Å². The highest BCUT2D eigenvalue weighted by Gasteiger charge is 2.09. The van der Waals surface area contributed by atoms with Crippen LogP contribution in [0.4, 0.5) is 15.9 Å². The van der Waals surface area contributed by atoms with Crippen LogP contribution in [0.15, 0.2) is 60.7 Å². The number of aromatic nitrogens is 2. The first-order valence-corrected chi connectivity index (χ1v) is 8.90. The molecule has 0 unspecified atom stereocenters. The number of hydrogen-bond acceptors (Lipinski definition) is 5. The maximum atomic E-state index is 12.9. The summed E-state index contributed by atoms with van der Waals surface area (Å²) in [6.45, 7) is 4.38. The SMILES string of the molecule is CC(C)Oc1ccc(NC(=O)c2ccc(NCc3ccc(F)cc3)nn2)cc1. The van der Waals surface area contributed by atoms with Crippen LogP contribution in [0, 0.1) is 5.82 Å². The molecule has 0 spiro atoms. The van der Waals surface area contributed by atoms with E-state index in [0.29, 0.717) is 18.1 Å². The van der Waals surface area contributed by atoms with Crippen molar-refractivity contribution in [3.05, 3.63) is 77.7 Å². The molecule has 0 radical (unpaired) electrons. The van der Waals surface area contributed by atoms with Crippen molar-refractivity contribution in [3.8, 4) is 5.75 Å². The average molecular weight is 380 g/mol. The van der Waals surface area contributed by atoms with Gasteiger partial charge >= 0.3 is 0 Å². The first-order valence-electron chi connectivity index (χ1n) is 8.90. The summed E-state index contributed by atoms with van der Waals surface area (Å²) in [6, 6.07) is 16.6. The molecule has 0 aliphatic carbocycles. The van der Waals surface area contributed by atoms with Crippen LogP contribution in [0.3, 0.4) is 0 Å². The topological polar surface area (TPSA) is 76.1 Å². The molecule has 0 atom stereocenters. The fourth-order valence-electron chi connectivity index (χ4n) is 2.43. The van der Waals surface area contributed by atoms with Gasteiger partial charge in [0, 0.05) is 12.2 Å². The Morgan fingerprint density at radius 2 is 1.71 bits per heavy atom. The van der Waals surface area contributed by atoms with Crippen LogP contribution in [0.5, 0.6) is 5.75 Å². The molecule has 28 heavy (non-hydrogen) atoms. The van der Waals surface area contributed by atoms with Gasteiger partial charge in [-0.05, 0) is 67.9 Å². The van der Waals surface area contributed by atoms with Crippen LogP contribution < -0.4 is 15.4 Å². The number of nitrogens with one attached hydrogen (secondary N) is 2. The lowest BCUT2D eigenvalue weighted by Crippen LogP contribution is -2.15. The Bertz CT molecular complexity index is 911. The summed E-state index contributed by atoms with van der Waals surface area (Å²) >= 11 is 0. The maximum Gasteiger partial charge on any atom is 0.276 e. The van der Waals surface area contributed by atoms with Crippen molar-refractivity contribution in [3.63, 3.8) is 0 Å². The number of carbonyl (C=O) groups excluding carboxylic acids is 1. The van der Waals surface area contributed by atoms with Gasteiger partial charge < -0.3 is 15.4 Å². The molecule has 7 heteroatoms. The van der Waals surface area contributed by atoms with Crippen molar-refractivity contribution in [1.82, 2.24) is 10.2 Å². The van der Waals surface area contributed by atoms with E-state index in [9.17, 15) is 9.18 Å². The first kappa shape index (κ1) is 19.3. The fourth-order valence-corrected chi connectivity index (χ4v) is 2.43. The normalized spacial score (nSPS) is 10.6. The number of amides is 1. The molecule has 6 nitrogen and oxygen atoms in total. The average Bonchev–Trinajstić information content (AvgIpc) is 2.69. The van der Waals surface area contributed by atoms with Gasteiger partial charge in [0.1, 0.15) is 17.4 Å². The molecule has 0 saturated heterocycles. The van der Waals surface area contributed by atoms with E-state index < -0.39 is 0 Å². The molecule has 0 fully saturated rings. The van der Waals surface area contributed by atoms with Crippen LogP contribution in [0.2, 0.25) is 0 Å². The number of rotatable bonds is 7. The number of nitrogens with zero attached hydrogens (tertiary/aromatic N) is 2. The highest BCUT2D eigenvalue weighted by atomic mass is 19.1. The molecule has 0 bridgehead atoms. The molecule has 3 aromatic rings. The Balaban J connectivity index is 1.55. The van der Waals surface area contributed by atoms with E-state index in [-0.39, 0.29) is 23.5 Å². The van der Waals surface area contributed by atoms with E-state index in [1.165, 1.54) is 12.1 Å². The number of ether oxygens (including phenoxy) is 1. The minimum atomic E-state index is -0.352. The molecule has 1 amide bonds. The Hall–Kier alpha value is -3.48. The third-order valence-electron chi connectivity index (χ3n) is 3.77. The summed E-state index contributed by atoms with van der Waals surface area (Å²) in [7, 11) is 0. The van der Waals surface area contributed by atoms with Gasteiger partial charge in [-0.2, -0.15) is 0 Å². The Morgan fingerprint density at radius 1 is 1.00 bits per heavy atom. The summed E-state index contributed by atoms with van der Waals surface area (Å²) in [5.74, 6) is 0.636. The molecule has 1 heterocycles. The molecule has 0 saturated carbocycles. The van der Waals surface area contributed by atoms with Gasteiger partial charge in [-0.3, -0.25) is 4.79 Å². The lowest BCUT2D eigenvalue weighted by molar-refractivity contribution is 0.102. The first-order chi connectivity index (χ1) is 13.5. The van der Waals surface area contributed by atoms with Crippen molar-refractivity contribution in [2.24, 2.45) is 0 Å². The molecule has 1 aromatic heterocycles. The van der Waals surface area contributed by atoms with Crippen LogP contribution in [-0.4, -0.2) is 22.2 Å². The molecule has 2 aromatic carbocycles. The quantitative estimate of drug-likeness (QED) is 0.640. The largest absolute Gasteiger partial charge is 0.491 e. The van der Waals surface area contributed by atoms with Crippen LogP contribution in [-0.2, 0) is 6.54 Å². The number of carbonyl (C=O) groups is 1. The fraction of sp³-hybridized carbons (Fsp3) is 0.190. The highest BCUT2D eigenvalue weighted by molar-refractivity contribution is 6.02. The van der Waals surface area contributed by atoms with Crippen molar-refractivity contribution < 1.29 is 13.9 Å². The van der Waals surface area contributed by atoms with Gasteiger partial charge in [0.15, 0.2) is 5.69 Å². The van der Waals surface area contributed by atoms with Gasteiger partial charge in [0.25, 0.3) is 5.91 Å². The zero-order valence-corrected chi connectivity index (χ0v) is 15.6. The second-order valence-corrected chi connectivity index (χ2v) is 6.43. The third kappa shape index (κ3) is 5.51. The summed E-state index contributed by atoms with van der Waals surface area (Å²) in [5, 5.41) is 13.8. The predicted molar refractivity (Wildman–Crippen MR) is 106 cm³/mol. The van der Waals surface area contributed by atoms with E-state index >= 15 is 0 Å². The Morgan fingerprint density at radius 3 is 2.32 bits per heavy atom. The Kier molecular flexibility index (Phi) is 6.16. The molecular weight excluding hydrogens is 359 g/mol. The van der Waals surface area contributed by atoms with Gasteiger partial charge in [-0.15, -0.1) is 10.2 Å². The third-order valence-corrected chi connectivity index (χ3v) is 3.77. The highest BCUT2D eigenvalue weighted by Crippen LogP contribution is 2.17. The summed E-state index contributed by atoms with van der Waals surface area (Å²) in [4.78, 5) is 12.3. The number of hydrogen-bond donors (Lipinski definition) is 2. The van der Waals surface area contributed by atoms with Crippen LogP contribution in [0.1, 0.15) is 29.9 Å². The smallest absolute Gasteiger partial charge is 0.276 e. The van der Waals surface area contributed by atoms with E-state index in [4.69, 9.17) is 4.74 Å². The Labute approximate surface area is 162 Å². The van der Waals surface area contributed by atoms with Crippen molar-refractivity contribution in [1.29, 1.82) is 0 Å². The summed E-state index contributed by atoms with van der Waals surface area (Å²) in [6.07, 6.45) is 0.0888. The van der Waals surface area contributed by atoms with Crippen molar-refractivity contribution in [2.45, 2.75) is 26.5 Å². The van der Waals surface area contributed by atoms with Crippen LogP contribution >= 0.6 is 0 Å². The molecule has 0 aliphatic rings. The lowest BCUT2D eigenvalue weighted by atomic mass is 10.2. The minimum Gasteiger partial charge on any atom is -0.491 e. The monoisotopic (exact) mass is 380 g/mol. The molecular formula is C21H21FN4O2. The van der Waals surface area contributed by atoms with Gasteiger partial charge in [-0.1, -0.05) is 12.1 Å². The van der Waals surface area contributed by atoms with Gasteiger partial charge in [-0.25, -0.2) is 4.39 Å². The van der Waals surface area contributed by atoms with Crippen molar-refractivity contribution >= 4 is 17.4 Å². The molecule has 144 valence electrons. The molecule has 0 aliphatic heterocycles. The second-order valence-electron chi connectivity index (χ2n) is 6.43. The molecule has 3 rings (SSSR count). The summed E-state index contributed by atoms with van der Waals surface area (Å²) < 4.78 is 18.5. The van der Waals surface area contributed by atoms with E-state index in [0.717, 1.165) is 11.3 Å². The minimum absolute atomic E-state index is 0.0888. The second kappa shape index (κ2) is 8.94. The van der Waals surface area contributed by atoms with E-state index in [2.05, 4.69) is 20.8 Å². The lowest BCUT2D eigenvalue weighted by Gasteiger charge is -2.10. The van der Waals surface area contributed by atoms with Crippen molar-refractivity contribution in [2.75, 3.05) is 10.6 Å². The van der Waals surface area contributed by atoms with E-state index in [1.54, 1.807) is 48.5 Å². The maximum absolute atomic E-state index is 12.9.